The maximum absolute atomic E-state index is 9.12. The van der Waals surface area contributed by atoms with Gasteiger partial charge in [-0.15, -0.1) is 0 Å². The lowest BCUT2D eigenvalue weighted by atomic mass is 10.0. The minimum Gasteiger partial charge on any atom is -0.340 e. The summed E-state index contributed by atoms with van der Waals surface area (Å²) in [5.41, 5.74) is 4.28. The molecule has 126 valence electrons. The van der Waals surface area contributed by atoms with Gasteiger partial charge in [-0.25, -0.2) is 0 Å². The van der Waals surface area contributed by atoms with Crippen LogP contribution in [0.1, 0.15) is 35.5 Å². The van der Waals surface area contributed by atoms with Crippen LogP contribution in [-0.2, 0) is 20.1 Å². The second-order valence-corrected chi connectivity index (χ2v) is 6.56. The van der Waals surface area contributed by atoms with E-state index in [1.165, 1.54) is 11.3 Å². The topological polar surface area (TPSA) is 56.9 Å². The molecule has 5 heteroatoms. The molecular weight excluding hydrogens is 298 g/mol. The number of hydrogen-bond acceptors (Lipinski definition) is 4. The fourth-order valence-corrected chi connectivity index (χ4v) is 3.32. The summed E-state index contributed by atoms with van der Waals surface area (Å²) in [5.74, 6) is 0. The first kappa shape index (κ1) is 16.7. The van der Waals surface area contributed by atoms with Crippen molar-refractivity contribution >= 4 is 0 Å². The Hall–Kier alpha value is -2.16. The van der Waals surface area contributed by atoms with Crippen LogP contribution in [0.15, 0.2) is 30.5 Å². The number of nitrogens with one attached hydrogen (secondary N) is 1. The fraction of sp³-hybridized carbons (Fsp3) is 0.474. The molecule has 3 rings (SSSR count). The summed E-state index contributed by atoms with van der Waals surface area (Å²) in [6.07, 6.45) is 4.18. The molecule has 0 aliphatic carbocycles. The van der Waals surface area contributed by atoms with E-state index in [1.54, 1.807) is 0 Å². The van der Waals surface area contributed by atoms with Gasteiger partial charge in [0.2, 0.25) is 0 Å². The molecule has 3 heterocycles. The van der Waals surface area contributed by atoms with E-state index in [-0.39, 0.29) is 0 Å². The third kappa shape index (κ3) is 3.84. The molecule has 1 aliphatic rings. The zero-order chi connectivity index (χ0) is 16.9. The zero-order valence-corrected chi connectivity index (χ0v) is 14.5. The van der Waals surface area contributed by atoms with E-state index >= 15 is 0 Å². The largest absolute Gasteiger partial charge is 0.340 e. The van der Waals surface area contributed by atoms with Crippen molar-refractivity contribution in [3.05, 3.63) is 53.1 Å². The number of hydrogen-bond donors (Lipinski definition) is 1. The second kappa shape index (κ2) is 7.61. The van der Waals surface area contributed by atoms with Gasteiger partial charge < -0.3 is 9.88 Å². The number of nitrogens with zero attached hydrogens (tertiary/aromatic N) is 4. The van der Waals surface area contributed by atoms with Crippen LogP contribution in [0.2, 0.25) is 0 Å². The van der Waals surface area contributed by atoms with E-state index in [1.807, 2.05) is 36.0 Å². The lowest BCUT2D eigenvalue weighted by molar-refractivity contribution is 0.188. The van der Waals surface area contributed by atoms with E-state index in [0.717, 1.165) is 50.4 Å². The summed E-state index contributed by atoms with van der Waals surface area (Å²) in [6.45, 7) is 6.06. The minimum absolute atomic E-state index is 0.551. The van der Waals surface area contributed by atoms with Gasteiger partial charge in [0, 0.05) is 51.2 Å². The van der Waals surface area contributed by atoms with E-state index in [2.05, 4.69) is 34.3 Å². The predicted octanol–water partition coefficient (Wildman–Crippen LogP) is 2.35. The van der Waals surface area contributed by atoms with Crippen molar-refractivity contribution in [1.82, 2.24) is 19.8 Å². The normalized spacial score (nSPS) is 16.2. The molecule has 0 bridgehead atoms. The first-order valence-corrected chi connectivity index (χ1v) is 8.58. The SMILES string of the molecule is Cc1c(CNC2CCN(Cc3ccccn3)CC2)cc(C#N)n1C. The second-order valence-electron chi connectivity index (χ2n) is 6.56. The summed E-state index contributed by atoms with van der Waals surface area (Å²) < 4.78 is 1.96. The van der Waals surface area contributed by atoms with Gasteiger partial charge in [-0.1, -0.05) is 6.07 Å². The molecule has 0 atom stereocenters. The zero-order valence-electron chi connectivity index (χ0n) is 14.5. The van der Waals surface area contributed by atoms with Crippen molar-refractivity contribution in [1.29, 1.82) is 5.26 Å². The number of likely N-dealkylation sites (tertiary alicyclic amines) is 1. The molecule has 5 nitrogen and oxygen atoms in total. The first-order chi connectivity index (χ1) is 11.7. The van der Waals surface area contributed by atoms with Gasteiger partial charge in [0.1, 0.15) is 11.8 Å². The Kier molecular flexibility index (Phi) is 5.29. The monoisotopic (exact) mass is 323 g/mol. The quantitative estimate of drug-likeness (QED) is 0.918. The molecule has 0 unspecified atom stereocenters. The van der Waals surface area contributed by atoms with Crippen LogP contribution in [0.25, 0.3) is 0 Å². The van der Waals surface area contributed by atoms with E-state index in [4.69, 9.17) is 5.26 Å². The van der Waals surface area contributed by atoms with Crippen LogP contribution in [-0.4, -0.2) is 33.6 Å². The lowest BCUT2D eigenvalue weighted by Gasteiger charge is -2.32. The van der Waals surface area contributed by atoms with Gasteiger partial charge in [0.15, 0.2) is 0 Å². The highest BCUT2D eigenvalue weighted by Gasteiger charge is 2.19. The van der Waals surface area contributed by atoms with Crippen molar-refractivity contribution in [2.24, 2.45) is 7.05 Å². The molecule has 0 saturated carbocycles. The Bertz CT molecular complexity index is 705. The summed E-state index contributed by atoms with van der Waals surface area (Å²) in [7, 11) is 1.95. The average molecular weight is 323 g/mol. The van der Waals surface area contributed by atoms with Crippen LogP contribution >= 0.6 is 0 Å². The highest BCUT2D eigenvalue weighted by molar-refractivity contribution is 5.34. The molecule has 2 aromatic rings. The highest BCUT2D eigenvalue weighted by Crippen LogP contribution is 2.16. The number of nitriles is 1. The fourth-order valence-electron chi connectivity index (χ4n) is 3.32. The maximum Gasteiger partial charge on any atom is 0.120 e. The van der Waals surface area contributed by atoms with E-state index in [9.17, 15) is 0 Å². The van der Waals surface area contributed by atoms with Gasteiger partial charge in [-0.05, 0) is 43.5 Å². The summed E-state index contributed by atoms with van der Waals surface area (Å²) in [4.78, 5) is 6.88. The maximum atomic E-state index is 9.12. The molecule has 1 fully saturated rings. The number of pyridine rings is 1. The molecular formula is C19H25N5. The average Bonchev–Trinajstić information content (AvgIpc) is 2.90. The van der Waals surface area contributed by atoms with Crippen LogP contribution in [0, 0.1) is 18.3 Å². The third-order valence-electron chi connectivity index (χ3n) is 5.04. The molecule has 0 amide bonds. The number of piperidine rings is 1. The van der Waals surface area contributed by atoms with Crippen LogP contribution in [0.4, 0.5) is 0 Å². The molecule has 1 aliphatic heterocycles. The minimum atomic E-state index is 0.551. The third-order valence-corrected chi connectivity index (χ3v) is 5.04. The molecule has 2 aromatic heterocycles. The Morgan fingerprint density at radius 1 is 1.33 bits per heavy atom. The molecule has 1 N–H and O–H groups in total. The van der Waals surface area contributed by atoms with E-state index in [0.29, 0.717) is 6.04 Å². The lowest BCUT2D eigenvalue weighted by Crippen LogP contribution is -2.42. The van der Waals surface area contributed by atoms with Crippen molar-refractivity contribution in [3.63, 3.8) is 0 Å². The van der Waals surface area contributed by atoms with E-state index < -0.39 is 0 Å². The summed E-state index contributed by atoms with van der Waals surface area (Å²) >= 11 is 0. The molecule has 1 saturated heterocycles. The Labute approximate surface area is 143 Å². The van der Waals surface area contributed by atoms with Gasteiger partial charge in [-0.2, -0.15) is 5.26 Å². The van der Waals surface area contributed by atoms with Crippen molar-refractivity contribution in [3.8, 4) is 6.07 Å². The van der Waals surface area contributed by atoms with Crippen molar-refractivity contribution < 1.29 is 0 Å². The van der Waals surface area contributed by atoms with Crippen molar-refractivity contribution in [2.45, 2.75) is 38.9 Å². The van der Waals surface area contributed by atoms with Gasteiger partial charge in [-0.3, -0.25) is 9.88 Å². The molecule has 0 spiro atoms. The van der Waals surface area contributed by atoms with Crippen LogP contribution < -0.4 is 5.32 Å². The predicted molar refractivity (Wildman–Crippen MR) is 94.2 cm³/mol. The van der Waals surface area contributed by atoms with Gasteiger partial charge >= 0.3 is 0 Å². The summed E-state index contributed by atoms with van der Waals surface area (Å²) in [5, 5.41) is 12.8. The molecule has 0 radical (unpaired) electrons. The van der Waals surface area contributed by atoms with Crippen LogP contribution in [0.3, 0.4) is 0 Å². The Morgan fingerprint density at radius 3 is 2.75 bits per heavy atom. The highest BCUT2D eigenvalue weighted by atomic mass is 15.1. The van der Waals surface area contributed by atoms with Crippen molar-refractivity contribution in [2.75, 3.05) is 13.1 Å². The molecule has 0 aromatic carbocycles. The van der Waals surface area contributed by atoms with Gasteiger partial charge in [0.25, 0.3) is 0 Å². The molecule has 24 heavy (non-hydrogen) atoms. The Morgan fingerprint density at radius 2 is 2.12 bits per heavy atom. The summed E-state index contributed by atoms with van der Waals surface area (Å²) in [6, 6.07) is 10.9. The Balaban J connectivity index is 1.47. The smallest absolute Gasteiger partial charge is 0.120 e. The first-order valence-electron chi connectivity index (χ1n) is 8.58. The van der Waals surface area contributed by atoms with Crippen LogP contribution in [0.5, 0.6) is 0 Å². The van der Waals surface area contributed by atoms with Gasteiger partial charge in [0.05, 0.1) is 5.69 Å². The number of aromatic nitrogens is 2. The number of rotatable bonds is 5. The standard InChI is InChI=1S/C19H25N5/c1-15-16(11-19(12-20)23(15)2)13-22-17-6-9-24(10-7-17)14-18-5-3-4-8-21-18/h3-5,8,11,17,22H,6-7,9-10,13-14H2,1-2H3.